The maximum Gasteiger partial charge on any atom is 0.408 e. The number of hydrogen-bond acceptors (Lipinski definition) is 7. The summed E-state index contributed by atoms with van der Waals surface area (Å²) in [4.78, 5) is 50.0. The fourth-order valence-electron chi connectivity index (χ4n) is 2.55. The molecule has 0 spiro atoms. The van der Waals surface area contributed by atoms with Crippen molar-refractivity contribution in [1.29, 1.82) is 0 Å². The highest BCUT2D eigenvalue weighted by atomic mass is 16.6. The number of carbonyl (C=O) groups is 4. The van der Waals surface area contributed by atoms with Gasteiger partial charge in [-0.25, -0.2) is 4.79 Å². The van der Waals surface area contributed by atoms with Gasteiger partial charge in [-0.15, -0.1) is 0 Å². The summed E-state index contributed by atoms with van der Waals surface area (Å²) in [6, 6.07) is 3.65. The number of ether oxygens (including phenoxy) is 2. The average Bonchev–Trinajstić information content (AvgIpc) is 2.63. The van der Waals surface area contributed by atoms with Crippen molar-refractivity contribution in [2.24, 2.45) is 0 Å². The molecule has 0 saturated heterocycles. The highest BCUT2D eigenvalue weighted by Crippen LogP contribution is 2.24. The van der Waals surface area contributed by atoms with Crippen molar-refractivity contribution >= 4 is 23.9 Å². The molecule has 1 aromatic carbocycles. The summed E-state index contributed by atoms with van der Waals surface area (Å²) < 4.78 is 9.64. The first kappa shape index (κ1) is 24.7. The lowest BCUT2D eigenvalue weighted by atomic mass is 10.0. The van der Waals surface area contributed by atoms with Crippen LogP contribution in [0.4, 0.5) is 4.79 Å². The Bertz CT molecular complexity index is 789. The largest absolute Gasteiger partial charge is 0.508 e. The fourth-order valence-corrected chi connectivity index (χ4v) is 2.55. The van der Waals surface area contributed by atoms with Crippen LogP contribution in [0.1, 0.15) is 39.3 Å². The minimum Gasteiger partial charge on any atom is -0.508 e. The second-order valence-electron chi connectivity index (χ2n) is 7.61. The average molecular weight is 423 g/mol. The van der Waals surface area contributed by atoms with Crippen molar-refractivity contribution in [3.8, 4) is 5.75 Å². The summed E-state index contributed by atoms with van der Waals surface area (Å²) in [6.45, 7) is 6.13. The van der Waals surface area contributed by atoms with Gasteiger partial charge in [0.2, 0.25) is 11.8 Å². The SMILES string of the molecule is COC(=O)CNC(=O)C(c1cccc(O)c1)N(C)C(=O)C(C)NC(=O)OC(C)(C)C. The lowest BCUT2D eigenvalue weighted by molar-refractivity contribution is -0.143. The monoisotopic (exact) mass is 423 g/mol. The van der Waals surface area contributed by atoms with E-state index >= 15 is 0 Å². The summed E-state index contributed by atoms with van der Waals surface area (Å²) in [5, 5.41) is 14.6. The molecule has 0 saturated carbocycles. The van der Waals surface area contributed by atoms with Crippen LogP contribution in [0, 0.1) is 0 Å². The number of rotatable bonds is 7. The molecular formula is C20H29N3O7. The Kier molecular flexibility index (Phi) is 8.63. The van der Waals surface area contributed by atoms with E-state index in [0.717, 1.165) is 4.90 Å². The minimum atomic E-state index is -1.17. The Hall–Kier alpha value is -3.30. The topological polar surface area (TPSA) is 134 Å². The van der Waals surface area contributed by atoms with Crippen LogP contribution >= 0.6 is 0 Å². The number of phenolic OH excluding ortho intramolecular Hbond substituents is 1. The van der Waals surface area contributed by atoms with Gasteiger partial charge in [-0.05, 0) is 45.4 Å². The molecule has 1 aromatic rings. The zero-order chi connectivity index (χ0) is 23.1. The quantitative estimate of drug-likeness (QED) is 0.559. The number of benzene rings is 1. The van der Waals surface area contributed by atoms with Crippen molar-refractivity contribution in [2.45, 2.75) is 45.4 Å². The Labute approximate surface area is 175 Å². The summed E-state index contributed by atoms with van der Waals surface area (Å²) in [7, 11) is 2.56. The van der Waals surface area contributed by atoms with E-state index in [9.17, 15) is 24.3 Å². The van der Waals surface area contributed by atoms with Gasteiger partial charge in [0.15, 0.2) is 0 Å². The predicted octanol–water partition coefficient (Wildman–Crippen LogP) is 1.09. The number of phenols is 1. The zero-order valence-electron chi connectivity index (χ0n) is 18.0. The molecule has 0 radical (unpaired) electrons. The van der Waals surface area contributed by atoms with E-state index in [1.807, 2.05) is 0 Å². The van der Waals surface area contributed by atoms with E-state index in [2.05, 4.69) is 15.4 Å². The van der Waals surface area contributed by atoms with Crippen LogP contribution in [-0.2, 0) is 23.9 Å². The van der Waals surface area contributed by atoms with E-state index in [0.29, 0.717) is 5.56 Å². The van der Waals surface area contributed by atoms with Crippen molar-refractivity contribution in [1.82, 2.24) is 15.5 Å². The number of alkyl carbamates (subject to hydrolysis) is 1. The minimum absolute atomic E-state index is 0.0981. The molecule has 1 rings (SSSR count). The Balaban J connectivity index is 3.04. The standard InChI is InChI=1S/C20H29N3O7/c1-12(22-19(28)30-20(2,3)4)18(27)23(5)16(13-8-7-9-14(24)10-13)17(26)21-11-15(25)29-6/h7-10,12,16,24H,11H2,1-6H3,(H,21,26)(H,22,28). The molecule has 2 atom stereocenters. The Morgan fingerprint density at radius 1 is 1.20 bits per heavy atom. The van der Waals surface area contributed by atoms with Crippen LogP contribution in [0.15, 0.2) is 24.3 Å². The van der Waals surface area contributed by atoms with E-state index in [1.54, 1.807) is 26.8 Å². The number of methoxy groups -OCH3 is 1. The zero-order valence-corrected chi connectivity index (χ0v) is 18.0. The van der Waals surface area contributed by atoms with Gasteiger partial charge in [-0.3, -0.25) is 14.4 Å². The molecule has 30 heavy (non-hydrogen) atoms. The molecule has 0 aliphatic rings. The molecule has 0 aromatic heterocycles. The van der Waals surface area contributed by atoms with E-state index in [1.165, 1.54) is 39.3 Å². The van der Waals surface area contributed by atoms with Gasteiger partial charge in [0, 0.05) is 7.05 Å². The van der Waals surface area contributed by atoms with Gasteiger partial charge in [-0.1, -0.05) is 12.1 Å². The molecular weight excluding hydrogens is 394 g/mol. The molecule has 10 nitrogen and oxygen atoms in total. The van der Waals surface area contributed by atoms with Gasteiger partial charge >= 0.3 is 12.1 Å². The molecule has 2 unspecified atom stereocenters. The number of nitrogens with one attached hydrogen (secondary N) is 2. The smallest absolute Gasteiger partial charge is 0.408 e. The van der Waals surface area contributed by atoms with E-state index < -0.39 is 48.1 Å². The highest BCUT2D eigenvalue weighted by molar-refractivity contribution is 5.92. The first-order valence-electron chi connectivity index (χ1n) is 9.25. The summed E-state index contributed by atoms with van der Waals surface area (Å²) in [5.41, 5.74) is -0.422. The lowest BCUT2D eigenvalue weighted by Gasteiger charge is -2.30. The number of likely N-dealkylation sites (N-methyl/N-ethyl adjacent to an activating group) is 1. The second-order valence-corrected chi connectivity index (χ2v) is 7.61. The van der Waals surface area contributed by atoms with E-state index in [-0.39, 0.29) is 5.75 Å². The van der Waals surface area contributed by atoms with Crippen LogP contribution in [0.25, 0.3) is 0 Å². The maximum atomic E-state index is 12.9. The normalized spacial score (nSPS) is 12.9. The second kappa shape index (κ2) is 10.5. The number of esters is 1. The Morgan fingerprint density at radius 2 is 1.83 bits per heavy atom. The highest BCUT2D eigenvalue weighted by Gasteiger charge is 2.32. The van der Waals surface area contributed by atoms with Crippen molar-refractivity contribution in [3.63, 3.8) is 0 Å². The third-order valence-electron chi connectivity index (χ3n) is 3.91. The van der Waals surface area contributed by atoms with Crippen LogP contribution in [-0.4, -0.2) is 66.2 Å². The molecule has 0 heterocycles. The van der Waals surface area contributed by atoms with Crippen molar-refractivity contribution in [3.05, 3.63) is 29.8 Å². The lowest BCUT2D eigenvalue weighted by Crippen LogP contribution is -2.50. The Morgan fingerprint density at radius 3 is 2.37 bits per heavy atom. The molecule has 3 amide bonds. The molecule has 166 valence electrons. The summed E-state index contributed by atoms with van der Waals surface area (Å²) in [6.07, 6.45) is -0.777. The summed E-state index contributed by atoms with van der Waals surface area (Å²) in [5.74, 6) is -2.00. The van der Waals surface area contributed by atoms with Crippen LogP contribution in [0.2, 0.25) is 0 Å². The molecule has 0 aliphatic carbocycles. The number of aromatic hydroxyl groups is 1. The first-order valence-corrected chi connectivity index (χ1v) is 9.25. The van der Waals surface area contributed by atoms with E-state index in [4.69, 9.17) is 4.74 Å². The molecule has 10 heteroatoms. The van der Waals surface area contributed by atoms with Gasteiger partial charge in [-0.2, -0.15) is 0 Å². The van der Waals surface area contributed by atoms with Gasteiger partial charge in [0.1, 0.15) is 30.0 Å². The molecule has 0 aliphatic heterocycles. The van der Waals surface area contributed by atoms with Crippen LogP contribution in [0.5, 0.6) is 5.75 Å². The van der Waals surface area contributed by atoms with Gasteiger partial charge in [0.25, 0.3) is 0 Å². The molecule has 0 fully saturated rings. The van der Waals surface area contributed by atoms with Crippen molar-refractivity contribution in [2.75, 3.05) is 20.7 Å². The maximum absolute atomic E-state index is 12.9. The van der Waals surface area contributed by atoms with Gasteiger partial charge in [0.05, 0.1) is 7.11 Å². The number of hydrogen-bond donors (Lipinski definition) is 3. The molecule has 0 bridgehead atoms. The molecule has 3 N–H and O–H groups in total. The van der Waals surface area contributed by atoms with Crippen molar-refractivity contribution < 1.29 is 33.8 Å². The fraction of sp³-hybridized carbons (Fsp3) is 0.500. The third kappa shape index (κ3) is 7.61. The number of carbonyl (C=O) groups excluding carboxylic acids is 4. The van der Waals surface area contributed by atoms with Crippen LogP contribution in [0.3, 0.4) is 0 Å². The van der Waals surface area contributed by atoms with Crippen LogP contribution < -0.4 is 10.6 Å². The third-order valence-corrected chi connectivity index (χ3v) is 3.91. The first-order chi connectivity index (χ1) is 13.9. The number of nitrogens with zero attached hydrogens (tertiary/aromatic N) is 1. The summed E-state index contributed by atoms with van der Waals surface area (Å²) >= 11 is 0. The van der Waals surface area contributed by atoms with Gasteiger partial charge < -0.3 is 30.1 Å². The predicted molar refractivity (Wildman–Crippen MR) is 107 cm³/mol. The number of amides is 3.